The van der Waals surface area contributed by atoms with E-state index >= 15 is 0 Å². The number of aliphatic hydroxyl groups is 1. The van der Waals surface area contributed by atoms with Gasteiger partial charge in [-0.15, -0.1) is 0 Å². The fourth-order valence-corrected chi connectivity index (χ4v) is 2.39. The number of hydrogen-bond acceptors (Lipinski definition) is 5. The van der Waals surface area contributed by atoms with E-state index in [9.17, 15) is 9.90 Å². The second-order valence-electron chi connectivity index (χ2n) is 4.89. The van der Waals surface area contributed by atoms with E-state index < -0.39 is 0 Å². The summed E-state index contributed by atoms with van der Waals surface area (Å²) in [6.07, 6.45) is 3.05. The first-order chi connectivity index (χ1) is 10.6. The van der Waals surface area contributed by atoms with Gasteiger partial charge in [-0.2, -0.15) is 0 Å². The van der Waals surface area contributed by atoms with Gasteiger partial charge in [0.25, 0.3) is 5.56 Å². The Labute approximate surface area is 131 Å². The molecule has 0 aliphatic rings. The second-order valence-corrected chi connectivity index (χ2v) is 5.28. The van der Waals surface area contributed by atoms with Crippen molar-refractivity contribution >= 4 is 22.5 Å². The Morgan fingerprint density at radius 1 is 1.36 bits per heavy atom. The van der Waals surface area contributed by atoms with Crippen molar-refractivity contribution in [3.63, 3.8) is 0 Å². The molecular weight excluding hydrogens is 304 g/mol. The van der Waals surface area contributed by atoms with Crippen LogP contribution in [-0.4, -0.2) is 31.2 Å². The molecule has 1 unspecified atom stereocenters. The maximum absolute atomic E-state index is 12.6. The van der Waals surface area contributed by atoms with Gasteiger partial charge in [-0.05, 0) is 25.1 Å². The molecule has 3 rings (SSSR count). The maximum Gasteiger partial charge on any atom is 0.261 e. The fourth-order valence-electron chi connectivity index (χ4n) is 2.20. The Hall–Kier alpha value is -2.31. The predicted octanol–water partition coefficient (Wildman–Crippen LogP) is 2.06. The van der Waals surface area contributed by atoms with E-state index in [0.717, 1.165) is 0 Å². The van der Waals surface area contributed by atoms with Crippen molar-refractivity contribution in [2.75, 3.05) is 6.61 Å². The molecule has 0 amide bonds. The van der Waals surface area contributed by atoms with Crippen LogP contribution >= 0.6 is 11.6 Å². The van der Waals surface area contributed by atoms with Gasteiger partial charge in [0, 0.05) is 6.20 Å². The van der Waals surface area contributed by atoms with Crippen LogP contribution < -0.4 is 5.56 Å². The van der Waals surface area contributed by atoms with E-state index in [2.05, 4.69) is 15.0 Å². The lowest BCUT2D eigenvalue weighted by molar-refractivity contribution is 0.236. The van der Waals surface area contributed by atoms with Crippen LogP contribution in [0.2, 0.25) is 5.15 Å². The molecule has 1 atom stereocenters. The highest BCUT2D eigenvalue weighted by Gasteiger charge is 2.15. The number of nitrogens with zero attached hydrogens (tertiary/aromatic N) is 4. The number of fused-ring (bicyclic) bond motifs is 1. The summed E-state index contributed by atoms with van der Waals surface area (Å²) in [5.74, 6) is 0. The molecule has 112 valence electrons. The minimum Gasteiger partial charge on any atom is -0.394 e. The van der Waals surface area contributed by atoms with E-state index in [1.165, 1.54) is 17.0 Å². The van der Waals surface area contributed by atoms with Gasteiger partial charge in [-0.3, -0.25) is 14.3 Å². The second kappa shape index (κ2) is 5.82. The Bertz CT molecular complexity index is 880. The van der Waals surface area contributed by atoms with E-state index in [1.54, 1.807) is 25.3 Å². The molecule has 0 radical (unpaired) electrons. The van der Waals surface area contributed by atoms with Crippen molar-refractivity contribution in [2.45, 2.75) is 13.0 Å². The highest BCUT2D eigenvalue weighted by Crippen LogP contribution is 2.24. The van der Waals surface area contributed by atoms with Crippen molar-refractivity contribution < 1.29 is 5.11 Å². The first-order valence-corrected chi connectivity index (χ1v) is 7.09. The van der Waals surface area contributed by atoms with Crippen LogP contribution in [0.25, 0.3) is 22.3 Å². The summed E-state index contributed by atoms with van der Waals surface area (Å²) in [7, 11) is 0. The Kier molecular flexibility index (Phi) is 3.87. The van der Waals surface area contributed by atoms with Crippen LogP contribution in [0, 0.1) is 0 Å². The van der Waals surface area contributed by atoms with E-state index in [1.807, 2.05) is 6.07 Å². The van der Waals surface area contributed by atoms with Crippen LogP contribution in [-0.2, 0) is 0 Å². The summed E-state index contributed by atoms with van der Waals surface area (Å²) < 4.78 is 1.38. The van der Waals surface area contributed by atoms with Crippen LogP contribution in [0.3, 0.4) is 0 Å². The highest BCUT2D eigenvalue weighted by molar-refractivity contribution is 6.30. The van der Waals surface area contributed by atoms with Crippen LogP contribution in [0.5, 0.6) is 0 Å². The van der Waals surface area contributed by atoms with E-state index in [-0.39, 0.29) is 23.4 Å². The van der Waals surface area contributed by atoms with Gasteiger partial charge < -0.3 is 5.11 Å². The Balaban J connectivity index is 2.33. The van der Waals surface area contributed by atoms with Gasteiger partial charge in [0.05, 0.1) is 30.1 Å². The lowest BCUT2D eigenvalue weighted by Crippen LogP contribution is -2.25. The summed E-state index contributed by atoms with van der Waals surface area (Å²) in [6.45, 7) is 1.58. The smallest absolute Gasteiger partial charge is 0.261 e. The Morgan fingerprint density at radius 2 is 2.18 bits per heavy atom. The van der Waals surface area contributed by atoms with E-state index in [4.69, 9.17) is 11.6 Å². The number of halogens is 1. The van der Waals surface area contributed by atoms with Crippen molar-refractivity contribution in [3.05, 3.63) is 52.3 Å². The van der Waals surface area contributed by atoms with Crippen molar-refractivity contribution in [2.24, 2.45) is 0 Å². The third kappa shape index (κ3) is 2.47. The topological polar surface area (TPSA) is 80.9 Å². The minimum atomic E-state index is -0.366. The first kappa shape index (κ1) is 14.6. The summed E-state index contributed by atoms with van der Waals surface area (Å²) in [4.78, 5) is 25.4. The lowest BCUT2D eigenvalue weighted by Gasteiger charge is -2.13. The predicted molar refractivity (Wildman–Crippen MR) is 83.8 cm³/mol. The Morgan fingerprint density at radius 3 is 2.86 bits per heavy atom. The third-order valence-corrected chi connectivity index (χ3v) is 3.58. The van der Waals surface area contributed by atoms with Crippen LogP contribution in [0.15, 0.2) is 41.6 Å². The van der Waals surface area contributed by atoms with Crippen LogP contribution in [0.4, 0.5) is 0 Å². The summed E-state index contributed by atoms with van der Waals surface area (Å²) in [5.41, 5.74) is 1.22. The summed E-state index contributed by atoms with van der Waals surface area (Å²) in [5, 5.41) is 9.78. The van der Waals surface area contributed by atoms with Gasteiger partial charge in [0.15, 0.2) is 0 Å². The quantitative estimate of drug-likeness (QED) is 0.748. The van der Waals surface area contributed by atoms with Gasteiger partial charge in [-0.25, -0.2) is 9.97 Å². The van der Waals surface area contributed by atoms with Gasteiger partial charge in [0.1, 0.15) is 16.4 Å². The first-order valence-electron chi connectivity index (χ1n) is 6.71. The molecule has 1 N–H and O–H groups in total. The molecular formula is C15H13ClN4O2. The van der Waals surface area contributed by atoms with Gasteiger partial charge in [0.2, 0.25) is 0 Å². The molecule has 3 heterocycles. The molecule has 0 aliphatic heterocycles. The zero-order chi connectivity index (χ0) is 15.7. The molecule has 0 bridgehead atoms. The standard InChI is InChI=1S/C15H13ClN4O2/c1-9(7-21)20-8-18-13-10(15(20)22)6-12(16)19-14(13)11-4-2-3-5-17-11/h2-6,8-9,21H,7H2,1H3. The molecule has 0 spiro atoms. The number of rotatable bonds is 3. The molecule has 3 aromatic heterocycles. The molecule has 0 aliphatic carbocycles. The molecule has 0 saturated carbocycles. The molecule has 0 aromatic carbocycles. The van der Waals surface area contributed by atoms with E-state index in [0.29, 0.717) is 22.3 Å². The largest absolute Gasteiger partial charge is 0.394 e. The minimum absolute atomic E-state index is 0.154. The highest BCUT2D eigenvalue weighted by atomic mass is 35.5. The summed E-state index contributed by atoms with van der Waals surface area (Å²) in [6, 6.07) is 6.52. The van der Waals surface area contributed by atoms with Crippen molar-refractivity contribution in [3.8, 4) is 11.4 Å². The monoisotopic (exact) mass is 316 g/mol. The van der Waals surface area contributed by atoms with Gasteiger partial charge >= 0.3 is 0 Å². The summed E-state index contributed by atoms with van der Waals surface area (Å²) >= 11 is 6.05. The zero-order valence-electron chi connectivity index (χ0n) is 11.8. The molecule has 0 fully saturated rings. The number of pyridine rings is 2. The SMILES string of the molecule is CC(CO)n1cnc2c(-c3ccccn3)nc(Cl)cc2c1=O. The zero-order valence-corrected chi connectivity index (χ0v) is 12.5. The number of hydrogen-bond donors (Lipinski definition) is 1. The molecule has 7 heteroatoms. The molecule has 3 aromatic rings. The number of aromatic nitrogens is 4. The maximum atomic E-state index is 12.6. The van der Waals surface area contributed by atoms with Crippen molar-refractivity contribution in [1.82, 2.24) is 19.5 Å². The van der Waals surface area contributed by atoms with Gasteiger partial charge in [-0.1, -0.05) is 17.7 Å². The molecule has 22 heavy (non-hydrogen) atoms. The lowest BCUT2D eigenvalue weighted by atomic mass is 10.2. The van der Waals surface area contributed by atoms with Crippen molar-refractivity contribution in [1.29, 1.82) is 0 Å². The number of aliphatic hydroxyl groups excluding tert-OH is 1. The van der Waals surface area contributed by atoms with Crippen LogP contribution in [0.1, 0.15) is 13.0 Å². The molecule has 0 saturated heterocycles. The third-order valence-electron chi connectivity index (χ3n) is 3.38. The normalized spacial score (nSPS) is 12.5. The average Bonchev–Trinajstić information content (AvgIpc) is 2.55. The molecule has 6 nitrogen and oxygen atoms in total. The fraction of sp³-hybridized carbons (Fsp3) is 0.200. The average molecular weight is 317 g/mol.